The number of nitrogens with one attached hydrogen (secondary N) is 1. The fourth-order valence-corrected chi connectivity index (χ4v) is 0.760. The Balaban J connectivity index is 0.000000310. The second-order valence-corrected chi connectivity index (χ2v) is 2.41. The summed E-state index contributed by atoms with van der Waals surface area (Å²) in [6, 6.07) is 10.2. The summed E-state index contributed by atoms with van der Waals surface area (Å²) in [6.45, 7) is 3.55. The first-order chi connectivity index (χ1) is 6.35. The third kappa shape index (κ3) is 7.31. The summed E-state index contributed by atoms with van der Waals surface area (Å²) < 4.78 is 0. The minimum atomic E-state index is 0.0972. The first-order valence-corrected chi connectivity index (χ1v) is 4.45. The number of para-hydroxylation sites is 1. The highest BCUT2D eigenvalue weighted by Gasteiger charge is 1.81. The third-order valence-corrected chi connectivity index (χ3v) is 1.28. The van der Waals surface area contributed by atoms with Gasteiger partial charge in [-0.2, -0.15) is 0 Å². The number of aliphatic hydroxyl groups excluding tert-OH is 1. The molecule has 0 heterocycles. The molecule has 0 unspecified atom stereocenters. The summed E-state index contributed by atoms with van der Waals surface area (Å²) in [7, 11) is 0. The van der Waals surface area contributed by atoms with E-state index in [1.165, 1.54) is 5.69 Å². The molecule has 3 nitrogen and oxygen atoms in total. The van der Waals surface area contributed by atoms with Crippen molar-refractivity contribution in [1.29, 1.82) is 0 Å². The van der Waals surface area contributed by atoms with E-state index in [0.29, 0.717) is 6.54 Å². The van der Waals surface area contributed by atoms with Crippen LogP contribution in [-0.2, 0) is 0 Å². The number of aliphatic hydroxyl groups is 1. The van der Waals surface area contributed by atoms with E-state index >= 15 is 0 Å². The molecule has 0 aliphatic rings. The average molecular weight is 182 g/mol. The van der Waals surface area contributed by atoms with Crippen molar-refractivity contribution in [2.45, 2.75) is 6.92 Å². The molecule has 74 valence electrons. The van der Waals surface area contributed by atoms with E-state index in [2.05, 4.69) is 24.4 Å². The van der Waals surface area contributed by atoms with Gasteiger partial charge in [-0.15, -0.1) is 0 Å². The van der Waals surface area contributed by atoms with Crippen LogP contribution in [0.5, 0.6) is 0 Å². The molecule has 4 N–H and O–H groups in total. The maximum absolute atomic E-state index is 7.75. The minimum absolute atomic E-state index is 0.0972. The van der Waals surface area contributed by atoms with Gasteiger partial charge >= 0.3 is 0 Å². The largest absolute Gasteiger partial charge is 0.395 e. The molecule has 0 aliphatic carbocycles. The van der Waals surface area contributed by atoms with E-state index in [4.69, 9.17) is 10.8 Å². The maximum Gasteiger partial charge on any atom is 0.0553 e. The van der Waals surface area contributed by atoms with Crippen molar-refractivity contribution in [3.63, 3.8) is 0 Å². The van der Waals surface area contributed by atoms with Gasteiger partial charge in [0, 0.05) is 18.8 Å². The molecular formula is C10H18N2O. The summed E-state index contributed by atoms with van der Waals surface area (Å²) in [5.41, 5.74) is 5.97. The standard InChI is InChI=1S/C8H11N.C2H7NO/c1-2-9-8-6-4-3-5-7-8;3-1-2-4/h3-7,9H,2H2,1H3;4H,1-3H2. The van der Waals surface area contributed by atoms with E-state index in [1.807, 2.05) is 18.2 Å². The smallest absolute Gasteiger partial charge is 0.0553 e. The highest BCUT2D eigenvalue weighted by atomic mass is 16.3. The van der Waals surface area contributed by atoms with E-state index < -0.39 is 0 Å². The molecule has 0 fully saturated rings. The molecule has 0 saturated carbocycles. The highest BCUT2D eigenvalue weighted by molar-refractivity contribution is 5.41. The third-order valence-electron chi connectivity index (χ3n) is 1.28. The number of anilines is 1. The molecule has 0 spiro atoms. The van der Waals surface area contributed by atoms with Crippen molar-refractivity contribution in [2.24, 2.45) is 5.73 Å². The van der Waals surface area contributed by atoms with Gasteiger partial charge in [0.1, 0.15) is 0 Å². The van der Waals surface area contributed by atoms with Gasteiger partial charge in [-0.25, -0.2) is 0 Å². The molecular weight excluding hydrogens is 164 g/mol. The van der Waals surface area contributed by atoms with Crippen LogP contribution >= 0.6 is 0 Å². The molecule has 3 heteroatoms. The maximum atomic E-state index is 7.75. The Morgan fingerprint density at radius 2 is 1.85 bits per heavy atom. The van der Waals surface area contributed by atoms with Crippen LogP contribution in [0.25, 0.3) is 0 Å². The van der Waals surface area contributed by atoms with Crippen molar-refractivity contribution in [1.82, 2.24) is 0 Å². The second kappa shape index (κ2) is 9.03. The first kappa shape index (κ1) is 11.9. The average Bonchev–Trinajstić information content (AvgIpc) is 2.20. The molecule has 0 saturated heterocycles. The Morgan fingerprint density at radius 3 is 2.23 bits per heavy atom. The summed E-state index contributed by atoms with van der Waals surface area (Å²) in [5, 5.41) is 11.0. The minimum Gasteiger partial charge on any atom is -0.395 e. The molecule has 1 aromatic carbocycles. The van der Waals surface area contributed by atoms with Crippen LogP contribution in [0.1, 0.15) is 6.92 Å². The van der Waals surface area contributed by atoms with Crippen molar-refractivity contribution in [2.75, 3.05) is 25.0 Å². The summed E-state index contributed by atoms with van der Waals surface area (Å²) in [6.07, 6.45) is 0. The summed E-state index contributed by atoms with van der Waals surface area (Å²) >= 11 is 0. The Hall–Kier alpha value is -1.06. The second-order valence-electron chi connectivity index (χ2n) is 2.41. The van der Waals surface area contributed by atoms with Crippen LogP contribution < -0.4 is 11.1 Å². The first-order valence-electron chi connectivity index (χ1n) is 4.45. The topological polar surface area (TPSA) is 58.3 Å². The lowest BCUT2D eigenvalue weighted by atomic mass is 10.3. The molecule has 13 heavy (non-hydrogen) atoms. The van der Waals surface area contributed by atoms with Crippen molar-refractivity contribution >= 4 is 5.69 Å². The fourth-order valence-electron chi connectivity index (χ4n) is 0.760. The quantitative estimate of drug-likeness (QED) is 0.655. The molecule has 0 atom stereocenters. The van der Waals surface area contributed by atoms with Crippen LogP contribution in [-0.4, -0.2) is 24.8 Å². The Kier molecular flexibility index (Phi) is 8.30. The van der Waals surface area contributed by atoms with E-state index in [9.17, 15) is 0 Å². The van der Waals surface area contributed by atoms with Crippen molar-refractivity contribution in [3.8, 4) is 0 Å². The zero-order valence-corrected chi connectivity index (χ0v) is 8.03. The zero-order valence-electron chi connectivity index (χ0n) is 8.03. The van der Waals surface area contributed by atoms with Gasteiger partial charge in [0.15, 0.2) is 0 Å². The van der Waals surface area contributed by atoms with Gasteiger partial charge in [0.2, 0.25) is 0 Å². The van der Waals surface area contributed by atoms with E-state index in [1.54, 1.807) is 0 Å². The Labute approximate surface area is 79.6 Å². The molecule has 0 amide bonds. The Morgan fingerprint density at radius 1 is 1.31 bits per heavy atom. The molecule has 0 radical (unpaired) electrons. The van der Waals surface area contributed by atoms with E-state index in [0.717, 1.165) is 6.54 Å². The highest BCUT2D eigenvalue weighted by Crippen LogP contribution is 2.02. The van der Waals surface area contributed by atoms with Gasteiger partial charge in [-0.3, -0.25) is 0 Å². The van der Waals surface area contributed by atoms with Crippen LogP contribution in [0.3, 0.4) is 0 Å². The zero-order chi connectivity index (χ0) is 9.94. The number of nitrogens with two attached hydrogens (primary N) is 1. The summed E-state index contributed by atoms with van der Waals surface area (Å²) in [4.78, 5) is 0. The SMILES string of the molecule is CCNc1ccccc1.NCCO. The van der Waals surface area contributed by atoms with Crippen molar-refractivity contribution in [3.05, 3.63) is 30.3 Å². The van der Waals surface area contributed by atoms with Crippen LogP contribution in [0.15, 0.2) is 30.3 Å². The normalized spacial score (nSPS) is 8.54. The monoisotopic (exact) mass is 182 g/mol. The number of benzene rings is 1. The number of hydrogen-bond acceptors (Lipinski definition) is 3. The lowest BCUT2D eigenvalue weighted by molar-refractivity contribution is 0.306. The predicted molar refractivity (Wildman–Crippen MR) is 56.7 cm³/mol. The molecule has 0 aromatic heterocycles. The molecule has 1 rings (SSSR count). The van der Waals surface area contributed by atoms with Crippen LogP contribution in [0.4, 0.5) is 5.69 Å². The van der Waals surface area contributed by atoms with Crippen LogP contribution in [0.2, 0.25) is 0 Å². The lowest BCUT2D eigenvalue weighted by Crippen LogP contribution is -2.02. The van der Waals surface area contributed by atoms with Crippen LogP contribution in [0, 0.1) is 0 Å². The van der Waals surface area contributed by atoms with Crippen molar-refractivity contribution < 1.29 is 5.11 Å². The van der Waals surface area contributed by atoms with Gasteiger partial charge in [-0.1, -0.05) is 18.2 Å². The van der Waals surface area contributed by atoms with Gasteiger partial charge in [0.25, 0.3) is 0 Å². The van der Waals surface area contributed by atoms with Gasteiger partial charge in [0.05, 0.1) is 6.61 Å². The lowest BCUT2D eigenvalue weighted by Gasteiger charge is -1.99. The summed E-state index contributed by atoms with van der Waals surface area (Å²) in [5.74, 6) is 0. The molecule has 0 bridgehead atoms. The molecule has 0 aliphatic heterocycles. The number of rotatable bonds is 3. The molecule has 1 aromatic rings. The van der Waals surface area contributed by atoms with E-state index in [-0.39, 0.29) is 6.61 Å². The number of hydrogen-bond donors (Lipinski definition) is 3. The van der Waals surface area contributed by atoms with Gasteiger partial charge in [-0.05, 0) is 19.1 Å². The predicted octanol–water partition coefficient (Wildman–Crippen LogP) is 1.06. The van der Waals surface area contributed by atoms with Gasteiger partial charge < -0.3 is 16.2 Å². The Bertz CT molecular complexity index is 187. The fraction of sp³-hybridized carbons (Fsp3) is 0.400.